The second-order valence-corrected chi connectivity index (χ2v) is 4.19. The molecule has 0 bridgehead atoms. The van der Waals surface area contributed by atoms with Crippen LogP contribution in [0.3, 0.4) is 0 Å². The quantitative estimate of drug-likeness (QED) is 0.735. The van der Waals surface area contributed by atoms with Gasteiger partial charge in [-0.15, -0.1) is 10.2 Å². The fourth-order valence-electron chi connectivity index (χ4n) is 1.24. The molecule has 0 amide bonds. The number of nitrogen functional groups attached to an aromatic ring is 2. The summed E-state index contributed by atoms with van der Waals surface area (Å²) in [7, 11) is 0. The van der Waals surface area contributed by atoms with Crippen molar-refractivity contribution < 1.29 is 0 Å². The van der Waals surface area contributed by atoms with Crippen LogP contribution in [0.15, 0.2) is 43.8 Å². The van der Waals surface area contributed by atoms with Gasteiger partial charge in [0.2, 0.25) is 5.95 Å². The largest absolute Gasteiger partial charge is 0.382 e. The van der Waals surface area contributed by atoms with Crippen LogP contribution in [0.5, 0.6) is 0 Å². The summed E-state index contributed by atoms with van der Waals surface area (Å²) in [6.45, 7) is 0. The predicted molar refractivity (Wildman–Crippen MR) is 72.0 cm³/mol. The molecule has 0 saturated heterocycles. The van der Waals surface area contributed by atoms with Gasteiger partial charge in [0.15, 0.2) is 11.5 Å². The molecule has 0 saturated carbocycles. The standard InChI is InChI=1S/C10H9BrN6O/c11-5-3-1-2-4-6(5)16-17-7-8(12)14-10(13)15-9(7)18/h1-4H,(H5,12,13,14,15,18). The molecule has 5 N–H and O–H groups in total. The van der Waals surface area contributed by atoms with Gasteiger partial charge in [0.25, 0.3) is 5.56 Å². The van der Waals surface area contributed by atoms with E-state index in [4.69, 9.17) is 11.5 Å². The molecule has 0 aliphatic heterocycles. The SMILES string of the molecule is Nc1nc(N)c(N=Nc2ccccc2Br)c(=O)[nH]1. The minimum atomic E-state index is -0.532. The number of halogens is 1. The molecule has 0 aliphatic carbocycles. The highest BCUT2D eigenvalue weighted by Gasteiger charge is 2.06. The molecule has 7 nitrogen and oxygen atoms in total. The van der Waals surface area contributed by atoms with E-state index in [2.05, 4.69) is 36.1 Å². The van der Waals surface area contributed by atoms with Gasteiger partial charge in [-0.05, 0) is 28.1 Å². The van der Waals surface area contributed by atoms with Gasteiger partial charge in [-0.1, -0.05) is 12.1 Å². The first-order valence-electron chi connectivity index (χ1n) is 4.89. The highest BCUT2D eigenvalue weighted by atomic mass is 79.9. The van der Waals surface area contributed by atoms with Crippen LogP contribution in [0.4, 0.5) is 23.1 Å². The number of azo groups is 1. The predicted octanol–water partition coefficient (Wildman–Crippen LogP) is 2.11. The molecule has 0 radical (unpaired) electrons. The monoisotopic (exact) mass is 308 g/mol. The maximum Gasteiger partial charge on any atom is 0.282 e. The van der Waals surface area contributed by atoms with Crippen molar-refractivity contribution in [2.45, 2.75) is 0 Å². The van der Waals surface area contributed by atoms with Crippen LogP contribution in [0.25, 0.3) is 0 Å². The summed E-state index contributed by atoms with van der Waals surface area (Å²) in [6.07, 6.45) is 0. The Morgan fingerprint density at radius 2 is 1.94 bits per heavy atom. The normalized spacial score (nSPS) is 10.9. The van der Waals surface area contributed by atoms with E-state index in [1.54, 1.807) is 12.1 Å². The van der Waals surface area contributed by atoms with E-state index < -0.39 is 5.56 Å². The van der Waals surface area contributed by atoms with Crippen LogP contribution in [0.2, 0.25) is 0 Å². The zero-order chi connectivity index (χ0) is 13.1. The highest BCUT2D eigenvalue weighted by molar-refractivity contribution is 9.10. The van der Waals surface area contributed by atoms with Crippen LogP contribution in [-0.4, -0.2) is 9.97 Å². The lowest BCUT2D eigenvalue weighted by Crippen LogP contribution is -2.12. The summed E-state index contributed by atoms with van der Waals surface area (Å²) in [4.78, 5) is 17.5. The second kappa shape index (κ2) is 4.96. The Bertz CT molecular complexity index is 666. The molecule has 0 aliphatic rings. The third kappa shape index (κ3) is 2.54. The first-order chi connectivity index (χ1) is 8.58. The van der Waals surface area contributed by atoms with Gasteiger partial charge in [0, 0.05) is 4.47 Å². The van der Waals surface area contributed by atoms with Crippen LogP contribution in [0.1, 0.15) is 0 Å². The zero-order valence-electron chi connectivity index (χ0n) is 9.09. The maximum absolute atomic E-state index is 11.5. The van der Waals surface area contributed by atoms with E-state index in [-0.39, 0.29) is 17.5 Å². The number of H-pyrrole nitrogens is 1. The lowest BCUT2D eigenvalue weighted by atomic mass is 10.3. The molecule has 2 aromatic rings. The van der Waals surface area contributed by atoms with Gasteiger partial charge in [-0.3, -0.25) is 9.78 Å². The third-order valence-corrected chi connectivity index (χ3v) is 2.72. The molecule has 18 heavy (non-hydrogen) atoms. The molecule has 1 heterocycles. The Kier molecular flexibility index (Phi) is 3.38. The van der Waals surface area contributed by atoms with Crippen molar-refractivity contribution in [3.8, 4) is 0 Å². The van der Waals surface area contributed by atoms with E-state index in [1.165, 1.54) is 0 Å². The van der Waals surface area contributed by atoms with Crippen molar-refractivity contribution >= 4 is 39.1 Å². The number of hydrogen-bond donors (Lipinski definition) is 3. The molecule has 1 aromatic heterocycles. The first-order valence-corrected chi connectivity index (χ1v) is 5.69. The number of aromatic amines is 1. The number of nitrogens with one attached hydrogen (secondary N) is 1. The van der Waals surface area contributed by atoms with Crippen molar-refractivity contribution in [2.75, 3.05) is 11.5 Å². The van der Waals surface area contributed by atoms with Crippen LogP contribution in [-0.2, 0) is 0 Å². The molecule has 0 atom stereocenters. The molecule has 92 valence electrons. The average Bonchev–Trinajstić information content (AvgIpc) is 2.30. The number of rotatable bonds is 2. The summed E-state index contributed by atoms with van der Waals surface area (Å²) in [6, 6.07) is 7.19. The van der Waals surface area contributed by atoms with E-state index in [9.17, 15) is 4.79 Å². The fraction of sp³-hybridized carbons (Fsp3) is 0. The van der Waals surface area contributed by atoms with Gasteiger partial charge >= 0.3 is 0 Å². The van der Waals surface area contributed by atoms with Crippen molar-refractivity contribution in [3.63, 3.8) is 0 Å². The summed E-state index contributed by atoms with van der Waals surface area (Å²) >= 11 is 3.31. The van der Waals surface area contributed by atoms with Crippen molar-refractivity contribution in [3.05, 3.63) is 39.1 Å². The van der Waals surface area contributed by atoms with Gasteiger partial charge in [0.1, 0.15) is 0 Å². The minimum Gasteiger partial charge on any atom is -0.382 e. The maximum atomic E-state index is 11.5. The van der Waals surface area contributed by atoms with Gasteiger partial charge in [-0.2, -0.15) is 4.98 Å². The van der Waals surface area contributed by atoms with E-state index >= 15 is 0 Å². The molecule has 8 heteroatoms. The van der Waals surface area contributed by atoms with Crippen LogP contribution in [0, 0.1) is 0 Å². The summed E-state index contributed by atoms with van der Waals surface area (Å²) in [5, 5.41) is 7.71. The van der Waals surface area contributed by atoms with E-state index in [1.807, 2.05) is 12.1 Å². The summed E-state index contributed by atoms with van der Waals surface area (Å²) in [5.41, 5.74) is 10.9. The zero-order valence-corrected chi connectivity index (χ0v) is 10.7. The summed E-state index contributed by atoms with van der Waals surface area (Å²) < 4.78 is 0.757. The van der Waals surface area contributed by atoms with Crippen molar-refractivity contribution in [2.24, 2.45) is 10.2 Å². The molecule has 0 fully saturated rings. The van der Waals surface area contributed by atoms with Crippen molar-refractivity contribution in [1.29, 1.82) is 0 Å². The molecule has 2 rings (SSSR count). The van der Waals surface area contributed by atoms with Gasteiger partial charge < -0.3 is 11.5 Å². The lowest BCUT2D eigenvalue weighted by molar-refractivity contribution is 1.10. The van der Waals surface area contributed by atoms with E-state index in [0.29, 0.717) is 5.69 Å². The highest BCUT2D eigenvalue weighted by Crippen LogP contribution is 2.26. The molecule has 0 unspecified atom stereocenters. The molecule has 0 spiro atoms. The number of hydrogen-bond acceptors (Lipinski definition) is 6. The second-order valence-electron chi connectivity index (χ2n) is 3.34. The molecular weight excluding hydrogens is 300 g/mol. The topological polar surface area (TPSA) is 123 Å². The minimum absolute atomic E-state index is 0.0580. The third-order valence-electron chi connectivity index (χ3n) is 2.05. The molecule has 1 aromatic carbocycles. The number of nitrogens with two attached hydrogens (primary N) is 2. The number of anilines is 2. The fourth-order valence-corrected chi connectivity index (χ4v) is 1.60. The Labute approximate surface area is 110 Å². The Hall–Kier alpha value is -2.22. The Morgan fingerprint density at radius 3 is 2.61 bits per heavy atom. The van der Waals surface area contributed by atoms with E-state index in [0.717, 1.165) is 4.47 Å². The van der Waals surface area contributed by atoms with Crippen molar-refractivity contribution in [1.82, 2.24) is 9.97 Å². The van der Waals surface area contributed by atoms with Gasteiger partial charge in [0.05, 0.1) is 5.69 Å². The average molecular weight is 309 g/mol. The van der Waals surface area contributed by atoms with Gasteiger partial charge in [-0.25, -0.2) is 0 Å². The number of benzene rings is 1. The van der Waals surface area contributed by atoms with Crippen LogP contribution >= 0.6 is 15.9 Å². The molecular formula is C10H9BrN6O. The summed E-state index contributed by atoms with van der Waals surface area (Å²) in [5.74, 6) is -0.121. The first kappa shape index (κ1) is 12.2. The number of aromatic nitrogens is 2. The lowest BCUT2D eigenvalue weighted by Gasteiger charge is -1.99. The Morgan fingerprint density at radius 1 is 1.22 bits per heavy atom. The van der Waals surface area contributed by atoms with Crippen LogP contribution < -0.4 is 17.0 Å². The smallest absolute Gasteiger partial charge is 0.282 e. The number of nitrogens with zero attached hydrogens (tertiary/aromatic N) is 3. The Balaban J connectivity index is 2.42.